The predicted octanol–water partition coefficient (Wildman–Crippen LogP) is -1.05. The Kier molecular flexibility index (Phi) is 8.97. The Morgan fingerprint density at radius 3 is 1.96 bits per heavy atom. The average Bonchev–Trinajstić information content (AvgIpc) is 2.48. The van der Waals surface area contributed by atoms with Crippen LogP contribution in [0.4, 0.5) is 0 Å². The summed E-state index contributed by atoms with van der Waals surface area (Å²) in [5.41, 5.74) is 10.8. The van der Waals surface area contributed by atoms with Gasteiger partial charge in [-0.2, -0.15) is 0 Å². The minimum atomic E-state index is -1.45. The highest BCUT2D eigenvalue weighted by Crippen LogP contribution is 2.08. The summed E-state index contributed by atoms with van der Waals surface area (Å²) in [6.45, 7) is 7.11. The maximum atomic E-state index is 12.3. The lowest BCUT2D eigenvalue weighted by atomic mass is 9.97. The zero-order chi connectivity index (χ0) is 19.0. The van der Waals surface area contributed by atoms with Crippen molar-refractivity contribution in [3.8, 4) is 0 Å². The van der Waals surface area contributed by atoms with Crippen molar-refractivity contribution >= 4 is 23.7 Å². The van der Waals surface area contributed by atoms with Gasteiger partial charge in [-0.3, -0.25) is 14.4 Å². The molecule has 0 heterocycles. The molecule has 7 N–H and O–H groups in total. The van der Waals surface area contributed by atoms with Crippen LogP contribution in [0, 0.1) is 11.8 Å². The number of carbonyl (C=O) groups is 4. The SMILES string of the molecule is CCC(C)C(N)C(=O)NC(C(=O)NC(CC(N)=O)C(=O)O)C(C)C. The molecular formula is C15H28N4O5. The second-order valence-corrected chi connectivity index (χ2v) is 6.21. The number of rotatable bonds is 10. The number of nitrogens with two attached hydrogens (primary N) is 2. The molecule has 0 aromatic rings. The zero-order valence-corrected chi connectivity index (χ0v) is 14.5. The smallest absolute Gasteiger partial charge is 0.326 e. The lowest BCUT2D eigenvalue weighted by Crippen LogP contribution is -2.57. The van der Waals surface area contributed by atoms with E-state index in [0.717, 1.165) is 0 Å². The van der Waals surface area contributed by atoms with Gasteiger partial charge < -0.3 is 27.2 Å². The van der Waals surface area contributed by atoms with Gasteiger partial charge in [0.15, 0.2) is 0 Å². The van der Waals surface area contributed by atoms with Crippen LogP contribution in [0.5, 0.6) is 0 Å². The van der Waals surface area contributed by atoms with E-state index in [0.29, 0.717) is 6.42 Å². The van der Waals surface area contributed by atoms with Crippen LogP contribution in [0.2, 0.25) is 0 Å². The molecule has 0 aromatic carbocycles. The van der Waals surface area contributed by atoms with Gasteiger partial charge in [-0.15, -0.1) is 0 Å². The summed E-state index contributed by atoms with van der Waals surface area (Å²) in [5.74, 6) is -3.80. The Hall–Kier alpha value is -2.16. The van der Waals surface area contributed by atoms with Crippen LogP contribution in [0.15, 0.2) is 0 Å². The molecule has 0 radical (unpaired) electrons. The first kappa shape index (κ1) is 21.8. The van der Waals surface area contributed by atoms with Crippen LogP contribution < -0.4 is 22.1 Å². The van der Waals surface area contributed by atoms with E-state index in [4.69, 9.17) is 16.6 Å². The number of aliphatic carboxylic acids is 1. The fourth-order valence-corrected chi connectivity index (χ4v) is 1.96. The molecule has 4 unspecified atom stereocenters. The third-order valence-corrected chi connectivity index (χ3v) is 3.83. The van der Waals surface area contributed by atoms with Crippen LogP contribution >= 0.6 is 0 Å². The van der Waals surface area contributed by atoms with Gasteiger partial charge in [-0.25, -0.2) is 4.79 Å². The van der Waals surface area contributed by atoms with Gasteiger partial charge in [0.05, 0.1) is 12.5 Å². The fourth-order valence-electron chi connectivity index (χ4n) is 1.96. The largest absolute Gasteiger partial charge is 0.480 e. The molecule has 0 saturated carbocycles. The predicted molar refractivity (Wildman–Crippen MR) is 87.6 cm³/mol. The van der Waals surface area contributed by atoms with Gasteiger partial charge in [-0.1, -0.05) is 34.1 Å². The molecule has 0 fully saturated rings. The van der Waals surface area contributed by atoms with Crippen molar-refractivity contribution in [3.05, 3.63) is 0 Å². The third kappa shape index (κ3) is 6.95. The van der Waals surface area contributed by atoms with E-state index in [1.165, 1.54) is 0 Å². The van der Waals surface area contributed by atoms with Crippen LogP contribution in [0.25, 0.3) is 0 Å². The molecule has 0 rings (SSSR count). The molecule has 0 aliphatic carbocycles. The molecule has 0 saturated heterocycles. The second-order valence-electron chi connectivity index (χ2n) is 6.21. The second kappa shape index (κ2) is 9.86. The van der Waals surface area contributed by atoms with Crippen molar-refractivity contribution < 1.29 is 24.3 Å². The lowest BCUT2D eigenvalue weighted by Gasteiger charge is -2.26. The Morgan fingerprint density at radius 2 is 1.58 bits per heavy atom. The van der Waals surface area contributed by atoms with Gasteiger partial charge in [0, 0.05) is 0 Å². The summed E-state index contributed by atoms with van der Waals surface area (Å²) in [6, 6.07) is -3.19. The molecule has 9 heteroatoms. The van der Waals surface area contributed by atoms with Crippen molar-refractivity contribution in [2.75, 3.05) is 0 Å². The fraction of sp³-hybridized carbons (Fsp3) is 0.733. The van der Waals surface area contributed by atoms with Gasteiger partial charge in [0.2, 0.25) is 17.7 Å². The highest BCUT2D eigenvalue weighted by atomic mass is 16.4. The van der Waals surface area contributed by atoms with Crippen molar-refractivity contribution in [2.24, 2.45) is 23.3 Å². The molecule has 138 valence electrons. The topological polar surface area (TPSA) is 165 Å². The van der Waals surface area contributed by atoms with Gasteiger partial charge >= 0.3 is 5.97 Å². The zero-order valence-electron chi connectivity index (χ0n) is 14.5. The summed E-state index contributed by atoms with van der Waals surface area (Å²) in [5, 5.41) is 13.8. The van der Waals surface area contributed by atoms with E-state index in [-0.39, 0.29) is 11.8 Å². The van der Waals surface area contributed by atoms with Crippen LogP contribution in [0.1, 0.15) is 40.5 Å². The van der Waals surface area contributed by atoms with E-state index in [1.54, 1.807) is 13.8 Å². The first-order valence-corrected chi connectivity index (χ1v) is 7.88. The molecule has 24 heavy (non-hydrogen) atoms. The summed E-state index contributed by atoms with van der Waals surface area (Å²) < 4.78 is 0. The normalized spacial score (nSPS) is 15.9. The number of primary amides is 1. The number of carbonyl (C=O) groups excluding carboxylic acids is 3. The minimum absolute atomic E-state index is 0.0671. The summed E-state index contributed by atoms with van der Waals surface area (Å²) in [6.07, 6.45) is 0.166. The number of nitrogens with one attached hydrogen (secondary N) is 2. The first-order valence-electron chi connectivity index (χ1n) is 7.88. The number of carboxylic acids is 1. The summed E-state index contributed by atoms with van der Waals surface area (Å²) >= 11 is 0. The monoisotopic (exact) mass is 344 g/mol. The molecule has 0 spiro atoms. The molecule has 4 atom stereocenters. The van der Waals surface area contributed by atoms with E-state index in [1.807, 2.05) is 13.8 Å². The Morgan fingerprint density at radius 1 is 1.04 bits per heavy atom. The third-order valence-electron chi connectivity index (χ3n) is 3.83. The Balaban J connectivity index is 5.04. The molecule has 0 aliphatic heterocycles. The molecule has 0 bridgehead atoms. The Labute approximate surface area is 141 Å². The first-order chi connectivity index (χ1) is 11.0. The van der Waals surface area contributed by atoms with Crippen LogP contribution in [-0.2, 0) is 19.2 Å². The average molecular weight is 344 g/mol. The maximum absolute atomic E-state index is 12.3. The lowest BCUT2D eigenvalue weighted by molar-refractivity contribution is -0.144. The van der Waals surface area contributed by atoms with E-state index < -0.39 is 48.2 Å². The van der Waals surface area contributed by atoms with E-state index >= 15 is 0 Å². The standard InChI is InChI=1S/C15H28N4O5/c1-5-8(4)11(17)13(21)19-12(7(2)3)14(22)18-9(15(23)24)6-10(16)20/h7-9,11-12H,5-6,17H2,1-4H3,(H2,16,20)(H,18,22)(H,19,21)(H,23,24). The number of hydrogen-bond acceptors (Lipinski definition) is 5. The van der Waals surface area contributed by atoms with Crippen molar-refractivity contribution in [1.29, 1.82) is 0 Å². The highest BCUT2D eigenvalue weighted by molar-refractivity contribution is 5.93. The summed E-state index contributed by atoms with van der Waals surface area (Å²) in [7, 11) is 0. The van der Waals surface area contributed by atoms with Crippen LogP contribution in [0.3, 0.4) is 0 Å². The van der Waals surface area contributed by atoms with Crippen molar-refractivity contribution in [1.82, 2.24) is 10.6 Å². The Bertz CT molecular complexity index is 480. The molecule has 0 aliphatic rings. The number of hydrogen-bond donors (Lipinski definition) is 5. The summed E-state index contributed by atoms with van der Waals surface area (Å²) in [4.78, 5) is 46.4. The molecule has 3 amide bonds. The van der Waals surface area contributed by atoms with Crippen molar-refractivity contribution in [2.45, 2.75) is 58.7 Å². The molecule has 0 aromatic heterocycles. The van der Waals surface area contributed by atoms with Crippen LogP contribution in [-0.4, -0.2) is 46.9 Å². The van der Waals surface area contributed by atoms with Gasteiger partial charge in [0.25, 0.3) is 0 Å². The minimum Gasteiger partial charge on any atom is -0.480 e. The number of carboxylic acid groups (broad SMARTS) is 1. The molecular weight excluding hydrogens is 316 g/mol. The van der Waals surface area contributed by atoms with Gasteiger partial charge in [0.1, 0.15) is 12.1 Å². The van der Waals surface area contributed by atoms with Crippen molar-refractivity contribution in [3.63, 3.8) is 0 Å². The van der Waals surface area contributed by atoms with E-state index in [9.17, 15) is 19.2 Å². The van der Waals surface area contributed by atoms with E-state index in [2.05, 4.69) is 10.6 Å². The molecule has 9 nitrogen and oxygen atoms in total. The number of amides is 3. The maximum Gasteiger partial charge on any atom is 0.326 e. The van der Waals surface area contributed by atoms with Gasteiger partial charge in [-0.05, 0) is 11.8 Å². The highest BCUT2D eigenvalue weighted by Gasteiger charge is 2.31. The quantitative estimate of drug-likeness (QED) is 0.339.